The Morgan fingerprint density at radius 2 is 1.91 bits per heavy atom. The van der Waals surface area contributed by atoms with Crippen LogP contribution in [0.2, 0.25) is 0 Å². The van der Waals surface area contributed by atoms with Gasteiger partial charge in [0.2, 0.25) is 0 Å². The summed E-state index contributed by atoms with van der Waals surface area (Å²) in [6.45, 7) is 3.60. The van der Waals surface area contributed by atoms with Gasteiger partial charge in [0.05, 0.1) is 18.2 Å². The predicted molar refractivity (Wildman–Crippen MR) is 85.2 cm³/mol. The molecule has 3 aromatic heterocycles. The average Bonchev–Trinajstić information content (AvgIpc) is 3.05. The zero-order valence-corrected chi connectivity index (χ0v) is 12.2. The molecule has 0 amide bonds. The number of hydrogen-bond donors (Lipinski definition) is 3. The number of aromatic nitrogens is 5. The van der Waals surface area contributed by atoms with Crippen molar-refractivity contribution in [2.24, 2.45) is 0 Å². The van der Waals surface area contributed by atoms with E-state index in [0.29, 0.717) is 5.69 Å². The molecule has 3 aromatic rings. The molecule has 4 heterocycles. The van der Waals surface area contributed by atoms with Crippen LogP contribution in [0.5, 0.6) is 0 Å². The van der Waals surface area contributed by atoms with Crippen molar-refractivity contribution in [2.75, 3.05) is 31.1 Å². The summed E-state index contributed by atoms with van der Waals surface area (Å²) in [6, 6.07) is 3.55. The fourth-order valence-corrected chi connectivity index (χ4v) is 2.74. The van der Waals surface area contributed by atoms with Crippen LogP contribution in [0.25, 0.3) is 16.9 Å². The van der Waals surface area contributed by atoms with Crippen molar-refractivity contribution < 1.29 is 0 Å². The number of fused-ring (bicyclic) bond motifs is 1. The van der Waals surface area contributed by atoms with Gasteiger partial charge in [-0.25, -0.2) is 19.3 Å². The smallest absolute Gasteiger partial charge is 0.334 e. The highest BCUT2D eigenvalue weighted by Gasteiger charge is 2.14. The van der Waals surface area contributed by atoms with Gasteiger partial charge in [0.1, 0.15) is 11.3 Å². The third-order valence-electron chi connectivity index (χ3n) is 3.92. The third kappa shape index (κ3) is 2.30. The molecule has 0 saturated carbocycles. The Morgan fingerprint density at radius 1 is 1.09 bits per heavy atom. The van der Waals surface area contributed by atoms with Gasteiger partial charge < -0.3 is 15.2 Å². The molecular formula is C14H15N7O2. The lowest BCUT2D eigenvalue weighted by atomic mass is 10.3. The van der Waals surface area contributed by atoms with Crippen molar-refractivity contribution >= 4 is 17.0 Å². The molecule has 0 aromatic carbocycles. The number of rotatable bonds is 2. The number of pyridine rings is 1. The molecule has 23 heavy (non-hydrogen) atoms. The standard InChI is InChI=1S/C14H15N7O2/c22-13-11-12(18-8-17-11)19-14(23)21(13)9-1-2-10(16-7-9)20-5-3-15-4-6-20/h1-2,7-8,15H,3-6H2,(H,17,18)(H,19,23). The first-order chi connectivity index (χ1) is 11.2. The van der Waals surface area contributed by atoms with E-state index in [1.165, 1.54) is 12.5 Å². The van der Waals surface area contributed by atoms with Crippen molar-refractivity contribution in [2.45, 2.75) is 0 Å². The molecule has 1 saturated heterocycles. The molecule has 1 aliphatic heterocycles. The van der Waals surface area contributed by atoms with Crippen molar-refractivity contribution in [3.8, 4) is 5.69 Å². The van der Waals surface area contributed by atoms with Crippen molar-refractivity contribution in [3.63, 3.8) is 0 Å². The molecule has 0 bridgehead atoms. The second kappa shape index (κ2) is 5.36. The van der Waals surface area contributed by atoms with Gasteiger partial charge in [-0.05, 0) is 12.1 Å². The maximum atomic E-state index is 12.4. The largest absolute Gasteiger partial charge is 0.354 e. The zero-order chi connectivity index (χ0) is 15.8. The number of hydrogen-bond acceptors (Lipinski definition) is 6. The average molecular weight is 313 g/mol. The van der Waals surface area contributed by atoms with E-state index in [9.17, 15) is 9.59 Å². The lowest BCUT2D eigenvalue weighted by Crippen LogP contribution is -2.43. The fourth-order valence-electron chi connectivity index (χ4n) is 2.74. The van der Waals surface area contributed by atoms with Gasteiger partial charge in [0.15, 0.2) is 5.65 Å². The Bertz CT molecular complexity index is 948. The minimum Gasteiger partial charge on any atom is -0.354 e. The molecular weight excluding hydrogens is 298 g/mol. The summed E-state index contributed by atoms with van der Waals surface area (Å²) in [5, 5.41) is 3.28. The van der Waals surface area contributed by atoms with Crippen LogP contribution in [0.3, 0.4) is 0 Å². The second-order valence-electron chi connectivity index (χ2n) is 5.31. The Labute approximate surface area is 130 Å². The van der Waals surface area contributed by atoms with Gasteiger partial charge in [-0.15, -0.1) is 0 Å². The maximum absolute atomic E-state index is 12.4. The number of aromatic amines is 2. The van der Waals surface area contributed by atoms with Crippen LogP contribution in [-0.2, 0) is 0 Å². The summed E-state index contributed by atoms with van der Waals surface area (Å²) >= 11 is 0. The maximum Gasteiger partial charge on any atom is 0.334 e. The summed E-state index contributed by atoms with van der Waals surface area (Å²) < 4.78 is 1.05. The normalized spacial score (nSPS) is 15.2. The van der Waals surface area contributed by atoms with E-state index in [1.54, 1.807) is 6.07 Å². The topological polar surface area (TPSA) is 112 Å². The lowest BCUT2D eigenvalue weighted by Gasteiger charge is -2.28. The molecule has 0 radical (unpaired) electrons. The van der Waals surface area contributed by atoms with Gasteiger partial charge in [-0.2, -0.15) is 0 Å². The van der Waals surface area contributed by atoms with E-state index in [4.69, 9.17) is 0 Å². The lowest BCUT2D eigenvalue weighted by molar-refractivity contribution is 0.585. The summed E-state index contributed by atoms with van der Waals surface area (Å²) in [4.78, 5) is 40.3. The van der Waals surface area contributed by atoms with Gasteiger partial charge >= 0.3 is 5.69 Å². The summed E-state index contributed by atoms with van der Waals surface area (Å²) in [6.07, 6.45) is 2.91. The Kier molecular flexibility index (Phi) is 3.19. The SMILES string of the molecule is O=c1[nH]c2nc[nH]c2c(=O)n1-c1ccc(N2CCNCC2)nc1. The number of anilines is 1. The number of piperazine rings is 1. The zero-order valence-electron chi connectivity index (χ0n) is 12.2. The fraction of sp³-hybridized carbons (Fsp3) is 0.286. The highest BCUT2D eigenvalue weighted by Crippen LogP contribution is 2.13. The number of H-pyrrole nitrogens is 2. The number of nitrogens with zero attached hydrogens (tertiary/aromatic N) is 4. The van der Waals surface area contributed by atoms with Crippen LogP contribution in [0.4, 0.5) is 5.82 Å². The van der Waals surface area contributed by atoms with Gasteiger partial charge in [-0.1, -0.05) is 0 Å². The van der Waals surface area contributed by atoms with Crippen LogP contribution in [-0.4, -0.2) is 50.7 Å². The number of nitrogens with one attached hydrogen (secondary N) is 3. The number of imidazole rings is 1. The Morgan fingerprint density at radius 3 is 2.65 bits per heavy atom. The molecule has 9 heteroatoms. The first-order valence-corrected chi connectivity index (χ1v) is 7.34. The summed E-state index contributed by atoms with van der Waals surface area (Å²) in [5.74, 6) is 0.836. The van der Waals surface area contributed by atoms with E-state index in [2.05, 4.69) is 30.2 Å². The minimum absolute atomic E-state index is 0.252. The first-order valence-electron chi connectivity index (χ1n) is 7.34. The molecule has 0 unspecified atom stereocenters. The highest BCUT2D eigenvalue weighted by atomic mass is 16.2. The van der Waals surface area contributed by atoms with E-state index in [1.807, 2.05) is 6.07 Å². The van der Waals surface area contributed by atoms with E-state index >= 15 is 0 Å². The summed E-state index contributed by atoms with van der Waals surface area (Å²) in [5.41, 5.74) is -0.0478. The molecule has 3 N–H and O–H groups in total. The first kappa shape index (κ1) is 13.7. The molecule has 0 atom stereocenters. The molecule has 9 nitrogen and oxygen atoms in total. The quantitative estimate of drug-likeness (QED) is 0.571. The van der Waals surface area contributed by atoms with Crippen LogP contribution in [0.1, 0.15) is 0 Å². The Hall–Kier alpha value is -2.94. The molecule has 0 aliphatic carbocycles. The minimum atomic E-state index is -0.536. The molecule has 1 aliphatic rings. The van der Waals surface area contributed by atoms with E-state index < -0.39 is 11.2 Å². The third-order valence-corrected chi connectivity index (χ3v) is 3.92. The predicted octanol–water partition coefficient (Wildman–Crippen LogP) is -0.793. The van der Waals surface area contributed by atoms with Crippen molar-refractivity contribution in [1.82, 2.24) is 29.8 Å². The van der Waals surface area contributed by atoms with Crippen molar-refractivity contribution in [3.05, 3.63) is 45.5 Å². The van der Waals surface area contributed by atoms with Crippen molar-refractivity contribution in [1.29, 1.82) is 0 Å². The monoisotopic (exact) mass is 313 g/mol. The Balaban J connectivity index is 1.76. The summed E-state index contributed by atoms with van der Waals surface area (Å²) in [7, 11) is 0. The van der Waals surface area contributed by atoms with Crippen LogP contribution in [0.15, 0.2) is 34.2 Å². The van der Waals surface area contributed by atoms with Gasteiger partial charge in [0.25, 0.3) is 5.56 Å². The van der Waals surface area contributed by atoms with Gasteiger partial charge in [-0.3, -0.25) is 9.78 Å². The van der Waals surface area contributed by atoms with E-state index in [0.717, 1.165) is 36.6 Å². The van der Waals surface area contributed by atoms with Crippen LogP contribution >= 0.6 is 0 Å². The van der Waals surface area contributed by atoms with Crippen LogP contribution < -0.4 is 21.5 Å². The second-order valence-corrected chi connectivity index (χ2v) is 5.31. The van der Waals surface area contributed by atoms with Crippen LogP contribution in [0, 0.1) is 0 Å². The molecule has 4 rings (SSSR count). The molecule has 118 valence electrons. The van der Waals surface area contributed by atoms with E-state index in [-0.39, 0.29) is 11.2 Å². The molecule has 1 fully saturated rings. The molecule has 0 spiro atoms. The highest BCUT2D eigenvalue weighted by molar-refractivity contribution is 5.68. The van der Waals surface area contributed by atoms with Gasteiger partial charge in [0, 0.05) is 26.2 Å².